The lowest BCUT2D eigenvalue weighted by Gasteiger charge is -2.26. The number of para-hydroxylation sites is 1. The molecule has 1 aromatic heterocycles. The fourth-order valence-corrected chi connectivity index (χ4v) is 5.21. The number of aliphatic carboxylic acids is 1. The third-order valence-electron chi connectivity index (χ3n) is 5.49. The number of nitro groups is 1. The van der Waals surface area contributed by atoms with Crippen LogP contribution in [0.3, 0.4) is 0 Å². The highest BCUT2D eigenvalue weighted by molar-refractivity contribution is 7.89. The Balaban J connectivity index is 1.63. The van der Waals surface area contributed by atoms with Gasteiger partial charge in [-0.15, -0.1) is 0 Å². The third kappa shape index (κ3) is 4.67. The molecule has 0 saturated carbocycles. The van der Waals surface area contributed by atoms with Gasteiger partial charge < -0.3 is 24.9 Å². The molecule has 2 heterocycles. The van der Waals surface area contributed by atoms with Crippen molar-refractivity contribution in [3.63, 3.8) is 0 Å². The number of morpholine rings is 1. The normalized spacial score (nSPS) is 15.9. The van der Waals surface area contributed by atoms with Crippen LogP contribution in [0.1, 0.15) is 5.56 Å². The smallest absolute Gasteiger partial charge is 0.293 e. The van der Waals surface area contributed by atoms with Crippen molar-refractivity contribution in [1.29, 1.82) is 0 Å². The first-order chi connectivity index (χ1) is 15.8. The molecule has 0 amide bonds. The Hall–Kier alpha value is -3.48. The van der Waals surface area contributed by atoms with Crippen LogP contribution in [0.15, 0.2) is 53.6 Å². The summed E-state index contributed by atoms with van der Waals surface area (Å²) < 4.78 is 32.1. The number of nitrogens with one attached hydrogen (secondary N) is 2. The number of carboxylic acid groups (broad SMARTS) is 1. The lowest BCUT2D eigenvalue weighted by molar-refractivity contribution is -0.384. The SMILES string of the molecule is O=C([O-])[C@H](Cc1c[nH]c2ccccc12)Nc1ccc(S(=O)(=O)N2CCOCC2)cc1[N+](=O)[O-]. The molecule has 11 nitrogen and oxygen atoms in total. The van der Waals surface area contributed by atoms with Crippen molar-refractivity contribution in [3.05, 3.63) is 64.3 Å². The van der Waals surface area contributed by atoms with Gasteiger partial charge in [0.25, 0.3) is 5.69 Å². The number of ether oxygens (including phenoxy) is 1. The Bertz CT molecular complexity index is 1300. The van der Waals surface area contributed by atoms with Crippen molar-refractivity contribution in [3.8, 4) is 0 Å². The predicted octanol–water partition coefficient (Wildman–Crippen LogP) is 0.870. The van der Waals surface area contributed by atoms with Crippen LogP contribution in [0.25, 0.3) is 10.9 Å². The maximum absolute atomic E-state index is 12.9. The lowest BCUT2D eigenvalue weighted by atomic mass is 10.0. The molecule has 0 spiro atoms. The van der Waals surface area contributed by atoms with Crippen LogP contribution in [-0.4, -0.2) is 60.9 Å². The monoisotopic (exact) mass is 473 g/mol. The van der Waals surface area contributed by atoms with E-state index in [-0.39, 0.29) is 43.3 Å². The summed E-state index contributed by atoms with van der Waals surface area (Å²) in [5.74, 6) is -1.44. The summed E-state index contributed by atoms with van der Waals surface area (Å²) in [7, 11) is -3.96. The van der Waals surface area contributed by atoms with Crippen molar-refractivity contribution < 1.29 is 28.0 Å². The first kappa shape index (κ1) is 22.7. The standard InChI is InChI=1S/C21H22N4O7S/c26-21(27)19(11-14-13-22-17-4-2-1-3-16(14)17)23-18-6-5-15(12-20(18)25(28)29)33(30,31)24-7-9-32-10-8-24/h1-6,12-13,19,22-23H,7-11H2,(H,26,27)/p-1/t19-/m0/s1. The molecule has 1 aliphatic rings. The predicted molar refractivity (Wildman–Crippen MR) is 117 cm³/mol. The molecular formula is C21H21N4O7S-. The second-order valence-corrected chi connectivity index (χ2v) is 9.47. The van der Waals surface area contributed by atoms with Crippen LogP contribution in [0.2, 0.25) is 0 Å². The molecule has 4 rings (SSSR count). The minimum Gasteiger partial charge on any atom is -0.548 e. The molecule has 0 unspecified atom stereocenters. The fraction of sp³-hybridized carbons (Fsp3) is 0.286. The maximum Gasteiger partial charge on any atom is 0.293 e. The van der Waals surface area contributed by atoms with Gasteiger partial charge in [-0.05, 0) is 23.8 Å². The van der Waals surface area contributed by atoms with Gasteiger partial charge in [0.05, 0.1) is 35.0 Å². The van der Waals surface area contributed by atoms with Gasteiger partial charge in [-0.2, -0.15) is 4.31 Å². The van der Waals surface area contributed by atoms with E-state index in [4.69, 9.17) is 4.74 Å². The minimum atomic E-state index is -3.96. The Labute approximate surface area is 189 Å². The molecule has 0 aliphatic carbocycles. The Kier molecular flexibility index (Phi) is 6.31. The summed E-state index contributed by atoms with van der Waals surface area (Å²) in [6.45, 7) is 0.769. The molecular weight excluding hydrogens is 452 g/mol. The second kappa shape index (κ2) is 9.17. The number of aromatic nitrogens is 1. The molecule has 1 aliphatic heterocycles. The number of H-pyrrole nitrogens is 1. The molecule has 174 valence electrons. The van der Waals surface area contributed by atoms with E-state index in [1.165, 1.54) is 16.4 Å². The van der Waals surface area contributed by atoms with E-state index in [0.29, 0.717) is 5.56 Å². The summed E-state index contributed by atoms with van der Waals surface area (Å²) in [4.78, 5) is 25.6. The average molecular weight is 473 g/mol. The Morgan fingerprint density at radius 2 is 1.94 bits per heavy atom. The third-order valence-corrected chi connectivity index (χ3v) is 7.38. The molecule has 0 bridgehead atoms. The van der Waals surface area contributed by atoms with Crippen LogP contribution in [0.4, 0.5) is 11.4 Å². The average Bonchev–Trinajstić information content (AvgIpc) is 3.22. The quantitative estimate of drug-likeness (QED) is 0.360. The topological polar surface area (TPSA) is 158 Å². The molecule has 2 aromatic carbocycles. The zero-order valence-electron chi connectivity index (χ0n) is 17.4. The van der Waals surface area contributed by atoms with Gasteiger partial charge in [0.15, 0.2) is 0 Å². The highest BCUT2D eigenvalue weighted by Crippen LogP contribution is 2.30. The largest absolute Gasteiger partial charge is 0.548 e. The van der Waals surface area contributed by atoms with Gasteiger partial charge >= 0.3 is 0 Å². The number of hydrogen-bond acceptors (Lipinski definition) is 8. The van der Waals surface area contributed by atoms with Gasteiger partial charge in [-0.25, -0.2) is 8.42 Å². The number of rotatable bonds is 8. The number of fused-ring (bicyclic) bond motifs is 1. The van der Waals surface area contributed by atoms with Crippen molar-refractivity contribution in [2.75, 3.05) is 31.6 Å². The minimum absolute atomic E-state index is 0.00265. The first-order valence-corrected chi connectivity index (χ1v) is 11.6. The second-order valence-electron chi connectivity index (χ2n) is 7.53. The molecule has 2 N–H and O–H groups in total. The summed E-state index contributed by atoms with van der Waals surface area (Å²) >= 11 is 0. The zero-order chi connectivity index (χ0) is 23.6. The van der Waals surface area contributed by atoms with Gasteiger partial charge in [-0.3, -0.25) is 10.1 Å². The number of nitrogens with zero attached hydrogens (tertiary/aromatic N) is 2. The van der Waals surface area contributed by atoms with Gasteiger partial charge in [0.1, 0.15) is 5.69 Å². The van der Waals surface area contributed by atoms with E-state index < -0.39 is 32.6 Å². The van der Waals surface area contributed by atoms with Crippen LogP contribution in [0.5, 0.6) is 0 Å². The zero-order valence-corrected chi connectivity index (χ0v) is 18.2. The molecule has 33 heavy (non-hydrogen) atoms. The number of carboxylic acids is 1. The number of carbonyl (C=O) groups excluding carboxylic acids is 1. The van der Waals surface area contributed by atoms with Gasteiger partial charge in [0.2, 0.25) is 10.0 Å². The number of sulfonamides is 1. The molecule has 1 fully saturated rings. The molecule has 1 saturated heterocycles. The number of anilines is 1. The molecule has 1 atom stereocenters. The van der Waals surface area contributed by atoms with Gasteiger partial charge in [-0.1, -0.05) is 18.2 Å². The maximum atomic E-state index is 12.9. The van der Waals surface area contributed by atoms with Crippen molar-refractivity contribution >= 4 is 38.3 Å². The van der Waals surface area contributed by atoms with E-state index in [1.54, 1.807) is 6.20 Å². The molecule has 3 aromatic rings. The van der Waals surface area contributed by atoms with Crippen LogP contribution in [-0.2, 0) is 26.0 Å². The summed E-state index contributed by atoms with van der Waals surface area (Å²) in [5, 5.41) is 27.0. The van der Waals surface area contributed by atoms with Crippen LogP contribution < -0.4 is 10.4 Å². The molecule has 12 heteroatoms. The van der Waals surface area contributed by atoms with Crippen molar-refractivity contribution in [2.24, 2.45) is 0 Å². The van der Waals surface area contributed by atoms with Gasteiger partial charge in [0, 0.05) is 42.7 Å². The Morgan fingerprint density at radius 3 is 2.64 bits per heavy atom. The summed E-state index contributed by atoms with van der Waals surface area (Å²) in [6, 6.07) is 9.41. The van der Waals surface area contributed by atoms with E-state index in [1.807, 2.05) is 24.3 Å². The summed E-state index contributed by atoms with van der Waals surface area (Å²) in [5.41, 5.74) is 0.860. The number of hydrogen-bond donors (Lipinski definition) is 2. The van der Waals surface area contributed by atoms with Crippen molar-refractivity contribution in [2.45, 2.75) is 17.4 Å². The number of aromatic amines is 1. The van der Waals surface area contributed by atoms with Crippen molar-refractivity contribution in [1.82, 2.24) is 9.29 Å². The first-order valence-electron chi connectivity index (χ1n) is 10.2. The highest BCUT2D eigenvalue weighted by Gasteiger charge is 2.29. The highest BCUT2D eigenvalue weighted by atomic mass is 32.2. The van der Waals surface area contributed by atoms with Crippen LogP contribution in [0, 0.1) is 10.1 Å². The van der Waals surface area contributed by atoms with E-state index in [2.05, 4.69) is 10.3 Å². The van der Waals surface area contributed by atoms with E-state index >= 15 is 0 Å². The fourth-order valence-electron chi connectivity index (χ4n) is 3.78. The number of nitro benzene ring substituents is 1. The van der Waals surface area contributed by atoms with E-state index in [9.17, 15) is 28.4 Å². The number of benzene rings is 2. The Morgan fingerprint density at radius 1 is 1.21 bits per heavy atom. The number of carbonyl (C=O) groups is 1. The van der Waals surface area contributed by atoms with Crippen LogP contribution >= 0.6 is 0 Å². The lowest BCUT2D eigenvalue weighted by Crippen LogP contribution is -2.42. The molecule has 0 radical (unpaired) electrons. The summed E-state index contributed by atoms with van der Waals surface area (Å²) in [6.07, 6.45) is 1.67. The van der Waals surface area contributed by atoms with E-state index in [0.717, 1.165) is 17.0 Å².